The molecule has 0 saturated heterocycles. The fourth-order valence-electron chi connectivity index (χ4n) is 4.13. The first-order chi connectivity index (χ1) is 14.0. The van der Waals surface area contributed by atoms with Crippen molar-refractivity contribution in [1.82, 2.24) is 0 Å². The molecular formula is C23H20FN3O2. The van der Waals surface area contributed by atoms with E-state index in [2.05, 4.69) is 6.07 Å². The Bertz CT molecular complexity index is 1080. The lowest BCUT2D eigenvalue weighted by molar-refractivity contribution is -0.116. The van der Waals surface area contributed by atoms with Gasteiger partial charge in [0.05, 0.1) is 24.7 Å². The predicted octanol–water partition coefficient (Wildman–Crippen LogP) is 4.14. The summed E-state index contributed by atoms with van der Waals surface area (Å²) in [5.41, 5.74) is 9.54. The number of carbonyl (C=O) groups excluding carboxylic acids is 1. The van der Waals surface area contributed by atoms with Crippen LogP contribution in [0.15, 0.2) is 71.2 Å². The average molecular weight is 389 g/mol. The van der Waals surface area contributed by atoms with Crippen LogP contribution < -0.4 is 15.4 Å². The number of ether oxygens (including phenoxy) is 1. The van der Waals surface area contributed by atoms with Crippen LogP contribution in [0.1, 0.15) is 30.7 Å². The van der Waals surface area contributed by atoms with Gasteiger partial charge in [-0.05, 0) is 54.8 Å². The Morgan fingerprint density at radius 3 is 2.66 bits per heavy atom. The molecule has 0 radical (unpaired) electrons. The summed E-state index contributed by atoms with van der Waals surface area (Å²) in [7, 11) is 1.57. The number of carbonyl (C=O) groups is 1. The molecule has 1 heterocycles. The number of hydrogen-bond donors (Lipinski definition) is 1. The summed E-state index contributed by atoms with van der Waals surface area (Å²) in [6, 6.07) is 15.5. The second-order valence-corrected chi connectivity index (χ2v) is 7.07. The molecule has 146 valence electrons. The predicted molar refractivity (Wildman–Crippen MR) is 107 cm³/mol. The molecule has 4 rings (SSSR count). The Labute approximate surface area is 168 Å². The quantitative estimate of drug-likeness (QED) is 0.853. The lowest BCUT2D eigenvalue weighted by Gasteiger charge is -2.39. The van der Waals surface area contributed by atoms with E-state index in [0.717, 1.165) is 11.3 Å². The van der Waals surface area contributed by atoms with E-state index in [0.29, 0.717) is 41.8 Å². The SMILES string of the molecule is COc1cccc([C@H]2C(C#N)=C(N)N(c3ccc(F)cc3)C3=C2C(=O)CCC3)c1. The van der Waals surface area contributed by atoms with E-state index < -0.39 is 5.92 Å². The van der Waals surface area contributed by atoms with E-state index in [1.807, 2.05) is 24.3 Å². The van der Waals surface area contributed by atoms with Crippen molar-refractivity contribution >= 4 is 11.5 Å². The molecule has 1 atom stereocenters. The van der Waals surface area contributed by atoms with Crippen molar-refractivity contribution < 1.29 is 13.9 Å². The van der Waals surface area contributed by atoms with E-state index >= 15 is 0 Å². The van der Waals surface area contributed by atoms with Crippen LogP contribution in [-0.4, -0.2) is 12.9 Å². The first kappa shape index (κ1) is 18.8. The van der Waals surface area contributed by atoms with E-state index in [1.165, 1.54) is 12.1 Å². The number of ketones is 1. The molecule has 1 aliphatic heterocycles. The van der Waals surface area contributed by atoms with Crippen molar-refractivity contribution in [2.45, 2.75) is 25.2 Å². The van der Waals surface area contributed by atoms with Gasteiger partial charge < -0.3 is 10.5 Å². The third-order valence-corrected chi connectivity index (χ3v) is 5.43. The van der Waals surface area contributed by atoms with Gasteiger partial charge in [0, 0.05) is 23.4 Å². The Hall–Kier alpha value is -3.59. The maximum Gasteiger partial charge on any atom is 0.161 e. The van der Waals surface area contributed by atoms with Crippen LogP contribution >= 0.6 is 0 Å². The van der Waals surface area contributed by atoms with Gasteiger partial charge in [0.1, 0.15) is 17.4 Å². The smallest absolute Gasteiger partial charge is 0.161 e. The van der Waals surface area contributed by atoms with Gasteiger partial charge in [-0.25, -0.2) is 4.39 Å². The van der Waals surface area contributed by atoms with Crippen molar-refractivity contribution in [2.75, 3.05) is 12.0 Å². The molecule has 0 fully saturated rings. The van der Waals surface area contributed by atoms with Gasteiger partial charge >= 0.3 is 0 Å². The highest BCUT2D eigenvalue weighted by Crippen LogP contribution is 2.46. The number of methoxy groups -OCH3 is 1. The zero-order chi connectivity index (χ0) is 20.5. The number of nitrogens with two attached hydrogens (primary N) is 1. The maximum atomic E-state index is 13.5. The Morgan fingerprint density at radius 2 is 1.97 bits per heavy atom. The molecule has 0 amide bonds. The van der Waals surface area contributed by atoms with Crippen LogP contribution in [0.5, 0.6) is 5.75 Å². The number of Topliss-reactive ketones (excluding diaryl/α,β-unsaturated/α-hetero) is 1. The minimum absolute atomic E-state index is 0.00596. The van der Waals surface area contributed by atoms with Crippen molar-refractivity contribution in [1.29, 1.82) is 5.26 Å². The molecule has 29 heavy (non-hydrogen) atoms. The summed E-state index contributed by atoms with van der Waals surface area (Å²) in [6.45, 7) is 0. The molecule has 2 aliphatic rings. The van der Waals surface area contributed by atoms with E-state index in [-0.39, 0.29) is 17.4 Å². The first-order valence-corrected chi connectivity index (χ1v) is 9.40. The van der Waals surface area contributed by atoms with Crippen molar-refractivity contribution in [3.63, 3.8) is 0 Å². The van der Waals surface area contributed by atoms with Crippen molar-refractivity contribution in [3.8, 4) is 11.8 Å². The van der Waals surface area contributed by atoms with Crippen LogP contribution in [0.25, 0.3) is 0 Å². The molecule has 5 nitrogen and oxygen atoms in total. The minimum Gasteiger partial charge on any atom is -0.497 e. The molecular weight excluding hydrogens is 369 g/mol. The van der Waals surface area contributed by atoms with Gasteiger partial charge in [0.15, 0.2) is 5.78 Å². The number of halogens is 1. The molecule has 0 aromatic heterocycles. The molecule has 0 spiro atoms. The third-order valence-electron chi connectivity index (χ3n) is 5.43. The number of rotatable bonds is 3. The van der Waals surface area contributed by atoms with Gasteiger partial charge in [0.25, 0.3) is 0 Å². The number of benzene rings is 2. The van der Waals surface area contributed by atoms with Gasteiger partial charge in [0.2, 0.25) is 0 Å². The highest BCUT2D eigenvalue weighted by molar-refractivity contribution is 6.01. The van der Waals surface area contributed by atoms with Gasteiger partial charge in [-0.3, -0.25) is 9.69 Å². The zero-order valence-corrected chi connectivity index (χ0v) is 16.0. The van der Waals surface area contributed by atoms with Crippen LogP contribution in [-0.2, 0) is 4.79 Å². The standard InChI is InChI=1S/C23H20FN3O2/c1-29-17-5-2-4-14(12-17)21-18(13-25)23(26)27(16-10-8-15(24)9-11-16)19-6-3-7-20(28)22(19)21/h2,4-5,8-12,21H,3,6-7,26H2,1H3/t21-/m0/s1. The Balaban J connectivity index is 1.95. The number of nitrogens with zero attached hydrogens (tertiary/aromatic N) is 2. The van der Waals surface area contributed by atoms with Gasteiger partial charge in [-0.1, -0.05) is 12.1 Å². The average Bonchev–Trinajstić information content (AvgIpc) is 2.74. The zero-order valence-electron chi connectivity index (χ0n) is 16.0. The van der Waals surface area contributed by atoms with Gasteiger partial charge in [-0.15, -0.1) is 0 Å². The van der Waals surface area contributed by atoms with Crippen LogP contribution in [0.4, 0.5) is 10.1 Å². The number of anilines is 1. The number of nitriles is 1. The molecule has 2 N–H and O–H groups in total. The van der Waals surface area contributed by atoms with E-state index in [4.69, 9.17) is 10.5 Å². The van der Waals surface area contributed by atoms with Crippen molar-refractivity contribution in [3.05, 3.63) is 82.6 Å². The Morgan fingerprint density at radius 1 is 1.21 bits per heavy atom. The highest BCUT2D eigenvalue weighted by atomic mass is 19.1. The van der Waals surface area contributed by atoms with Crippen molar-refractivity contribution in [2.24, 2.45) is 5.73 Å². The van der Waals surface area contributed by atoms with E-state index in [9.17, 15) is 14.4 Å². The minimum atomic E-state index is -0.547. The second kappa shape index (κ2) is 7.44. The number of allylic oxidation sites excluding steroid dienone is 3. The molecule has 2 aromatic carbocycles. The lowest BCUT2D eigenvalue weighted by atomic mass is 9.75. The fourth-order valence-corrected chi connectivity index (χ4v) is 4.13. The normalized spacial score (nSPS) is 19.1. The van der Waals surface area contributed by atoms with Crippen LogP contribution in [0.3, 0.4) is 0 Å². The summed E-state index contributed by atoms with van der Waals surface area (Å²) in [4.78, 5) is 14.7. The summed E-state index contributed by atoms with van der Waals surface area (Å²) >= 11 is 0. The summed E-state index contributed by atoms with van der Waals surface area (Å²) in [5, 5.41) is 9.97. The molecule has 0 saturated carbocycles. The molecule has 0 bridgehead atoms. The summed E-state index contributed by atoms with van der Waals surface area (Å²) < 4.78 is 18.8. The molecule has 0 unspecified atom stereocenters. The third kappa shape index (κ3) is 3.15. The van der Waals surface area contributed by atoms with Crippen LogP contribution in [0.2, 0.25) is 0 Å². The second-order valence-electron chi connectivity index (χ2n) is 7.07. The number of hydrogen-bond acceptors (Lipinski definition) is 5. The van der Waals surface area contributed by atoms with E-state index in [1.54, 1.807) is 24.1 Å². The molecule has 6 heteroatoms. The monoisotopic (exact) mass is 389 g/mol. The summed E-state index contributed by atoms with van der Waals surface area (Å²) in [5.74, 6) is 0.00291. The Kier molecular flexibility index (Phi) is 4.81. The summed E-state index contributed by atoms with van der Waals surface area (Å²) in [6.07, 6.45) is 1.78. The van der Waals surface area contributed by atoms with Crippen LogP contribution in [0, 0.1) is 17.1 Å². The maximum absolute atomic E-state index is 13.5. The largest absolute Gasteiger partial charge is 0.497 e. The fraction of sp³-hybridized carbons (Fsp3) is 0.217. The topological polar surface area (TPSA) is 79.3 Å². The molecule has 2 aromatic rings. The molecule has 1 aliphatic carbocycles. The lowest BCUT2D eigenvalue weighted by Crippen LogP contribution is -2.38. The van der Waals surface area contributed by atoms with Gasteiger partial charge in [-0.2, -0.15) is 5.26 Å². The first-order valence-electron chi connectivity index (χ1n) is 9.40. The highest BCUT2D eigenvalue weighted by Gasteiger charge is 2.40.